The zero-order valence-corrected chi connectivity index (χ0v) is 12.4. The highest BCUT2D eigenvalue weighted by Crippen LogP contribution is 2.28. The largest absolute Gasteiger partial charge is 0.416 e. The van der Waals surface area contributed by atoms with Gasteiger partial charge in [-0.05, 0) is 43.7 Å². The van der Waals surface area contributed by atoms with E-state index in [1.807, 2.05) is 0 Å². The van der Waals surface area contributed by atoms with Gasteiger partial charge in [-0.3, -0.25) is 9.59 Å². The van der Waals surface area contributed by atoms with Gasteiger partial charge >= 0.3 is 6.18 Å². The number of amides is 2. The standard InChI is InChI=1S/C15H18F3N3O2/c16-15(17,18)11-5-3-10(4-6-11)14(23)21-9-13(22)20-8-12-2-1-7-19-12/h3-6,12,19H,1-2,7-9H2,(H,20,22)(H,21,23). The van der Waals surface area contributed by atoms with Crippen LogP contribution in [0.15, 0.2) is 24.3 Å². The van der Waals surface area contributed by atoms with Gasteiger partial charge in [0.1, 0.15) is 0 Å². The number of carbonyl (C=O) groups is 2. The van der Waals surface area contributed by atoms with Crippen molar-refractivity contribution in [1.29, 1.82) is 0 Å². The summed E-state index contributed by atoms with van der Waals surface area (Å²) in [4.78, 5) is 23.4. The number of halogens is 3. The third-order valence-corrected chi connectivity index (χ3v) is 3.59. The third kappa shape index (κ3) is 5.24. The maximum Gasteiger partial charge on any atom is 0.416 e. The van der Waals surface area contributed by atoms with Crippen molar-refractivity contribution >= 4 is 11.8 Å². The fourth-order valence-corrected chi connectivity index (χ4v) is 2.30. The minimum atomic E-state index is -4.44. The van der Waals surface area contributed by atoms with Crippen LogP contribution in [0, 0.1) is 0 Å². The van der Waals surface area contributed by atoms with E-state index in [9.17, 15) is 22.8 Å². The molecule has 2 rings (SSSR count). The molecule has 0 aromatic heterocycles. The van der Waals surface area contributed by atoms with Crippen LogP contribution in [0.1, 0.15) is 28.8 Å². The van der Waals surface area contributed by atoms with Gasteiger partial charge in [-0.25, -0.2) is 0 Å². The molecule has 1 aliphatic heterocycles. The van der Waals surface area contributed by atoms with Crippen molar-refractivity contribution in [1.82, 2.24) is 16.0 Å². The van der Waals surface area contributed by atoms with E-state index in [4.69, 9.17) is 0 Å². The van der Waals surface area contributed by atoms with E-state index >= 15 is 0 Å². The molecule has 1 fully saturated rings. The molecule has 0 saturated carbocycles. The molecular weight excluding hydrogens is 311 g/mol. The van der Waals surface area contributed by atoms with E-state index in [0.717, 1.165) is 43.7 Å². The fraction of sp³-hybridized carbons (Fsp3) is 0.467. The summed E-state index contributed by atoms with van der Waals surface area (Å²) < 4.78 is 37.3. The van der Waals surface area contributed by atoms with Crippen molar-refractivity contribution < 1.29 is 22.8 Å². The highest BCUT2D eigenvalue weighted by atomic mass is 19.4. The molecule has 1 aliphatic rings. The highest BCUT2D eigenvalue weighted by Gasteiger charge is 2.30. The van der Waals surface area contributed by atoms with E-state index in [0.29, 0.717) is 6.54 Å². The zero-order valence-electron chi connectivity index (χ0n) is 12.4. The molecule has 126 valence electrons. The van der Waals surface area contributed by atoms with Gasteiger partial charge in [-0.2, -0.15) is 13.2 Å². The lowest BCUT2D eigenvalue weighted by Gasteiger charge is -2.12. The molecule has 2 amide bonds. The van der Waals surface area contributed by atoms with Crippen LogP contribution in [0.3, 0.4) is 0 Å². The number of alkyl halides is 3. The van der Waals surface area contributed by atoms with E-state index in [1.54, 1.807) is 0 Å². The van der Waals surface area contributed by atoms with Gasteiger partial charge in [0.2, 0.25) is 5.91 Å². The molecule has 8 heteroatoms. The van der Waals surface area contributed by atoms with Crippen molar-refractivity contribution in [2.75, 3.05) is 19.6 Å². The molecule has 1 saturated heterocycles. The van der Waals surface area contributed by atoms with Crippen molar-refractivity contribution in [2.45, 2.75) is 25.1 Å². The average Bonchev–Trinajstić information content (AvgIpc) is 3.03. The van der Waals surface area contributed by atoms with Crippen LogP contribution in [0.2, 0.25) is 0 Å². The minimum absolute atomic E-state index is 0.0725. The molecule has 5 nitrogen and oxygen atoms in total. The van der Waals surface area contributed by atoms with Crippen LogP contribution in [0.4, 0.5) is 13.2 Å². The van der Waals surface area contributed by atoms with Gasteiger partial charge in [0.25, 0.3) is 5.91 Å². The summed E-state index contributed by atoms with van der Waals surface area (Å²) in [6, 6.07) is 4.09. The monoisotopic (exact) mass is 329 g/mol. The third-order valence-electron chi connectivity index (χ3n) is 3.59. The van der Waals surface area contributed by atoms with Gasteiger partial charge in [0.05, 0.1) is 12.1 Å². The normalized spacial score (nSPS) is 17.8. The first-order valence-electron chi connectivity index (χ1n) is 7.32. The predicted octanol–water partition coefficient (Wildman–Crippen LogP) is 1.30. The molecule has 0 radical (unpaired) electrons. The van der Waals surface area contributed by atoms with Gasteiger partial charge in [0.15, 0.2) is 0 Å². The van der Waals surface area contributed by atoms with Crippen LogP contribution in [0.5, 0.6) is 0 Å². The van der Waals surface area contributed by atoms with Gasteiger partial charge in [-0.15, -0.1) is 0 Å². The Balaban J connectivity index is 1.76. The van der Waals surface area contributed by atoms with Crippen LogP contribution >= 0.6 is 0 Å². The molecule has 1 unspecified atom stereocenters. The van der Waals surface area contributed by atoms with Gasteiger partial charge in [-0.1, -0.05) is 0 Å². The van der Waals surface area contributed by atoms with E-state index in [-0.39, 0.29) is 24.1 Å². The van der Waals surface area contributed by atoms with Crippen molar-refractivity contribution in [2.24, 2.45) is 0 Å². The molecule has 23 heavy (non-hydrogen) atoms. The van der Waals surface area contributed by atoms with E-state index in [1.165, 1.54) is 0 Å². The first kappa shape index (κ1) is 17.3. The smallest absolute Gasteiger partial charge is 0.353 e. The Bertz CT molecular complexity index is 552. The Hall–Kier alpha value is -2.09. The number of hydrogen-bond acceptors (Lipinski definition) is 3. The Morgan fingerprint density at radius 3 is 2.43 bits per heavy atom. The molecule has 1 atom stereocenters. The number of rotatable bonds is 5. The first-order valence-corrected chi connectivity index (χ1v) is 7.32. The van der Waals surface area contributed by atoms with Crippen molar-refractivity contribution in [3.63, 3.8) is 0 Å². The lowest BCUT2D eigenvalue weighted by atomic mass is 10.1. The first-order chi connectivity index (χ1) is 10.9. The molecule has 1 heterocycles. The summed E-state index contributed by atoms with van der Waals surface area (Å²) in [6.07, 6.45) is -2.37. The topological polar surface area (TPSA) is 70.2 Å². The fourth-order valence-electron chi connectivity index (χ4n) is 2.30. The van der Waals surface area contributed by atoms with Crippen molar-refractivity contribution in [3.8, 4) is 0 Å². The van der Waals surface area contributed by atoms with Gasteiger partial charge in [0, 0.05) is 18.2 Å². The maximum absolute atomic E-state index is 12.4. The zero-order chi connectivity index (χ0) is 16.9. The minimum Gasteiger partial charge on any atom is -0.353 e. The van der Waals surface area contributed by atoms with Crippen LogP contribution < -0.4 is 16.0 Å². The SMILES string of the molecule is O=C(CNC(=O)c1ccc(C(F)(F)F)cc1)NCC1CCCN1. The molecule has 1 aromatic rings. The van der Waals surface area contributed by atoms with E-state index in [2.05, 4.69) is 16.0 Å². The second kappa shape index (κ2) is 7.45. The summed E-state index contributed by atoms with van der Waals surface area (Å²) >= 11 is 0. The van der Waals surface area contributed by atoms with Crippen LogP contribution in [-0.4, -0.2) is 37.5 Å². The number of carbonyl (C=O) groups excluding carboxylic acids is 2. The number of benzene rings is 1. The molecular formula is C15H18F3N3O2. The summed E-state index contributed by atoms with van der Waals surface area (Å²) in [6.45, 7) is 1.22. The summed E-state index contributed by atoms with van der Waals surface area (Å²) in [5.74, 6) is -0.924. The Morgan fingerprint density at radius 1 is 1.17 bits per heavy atom. The van der Waals surface area contributed by atoms with Crippen LogP contribution in [0.25, 0.3) is 0 Å². The molecule has 0 spiro atoms. The van der Waals surface area contributed by atoms with Crippen LogP contribution in [-0.2, 0) is 11.0 Å². The lowest BCUT2D eigenvalue weighted by molar-refractivity contribution is -0.137. The Kier molecular flexibility index (Phi) is 5.59. The van der Waals surface area contributed by atoms with E-state index < -0.39 is 17.6 Å². The maximum atomic E-state index is 12.4. The highest BCUT2D eigenvalue weighted by molar-refractivity contribution is 5.96. The molecule has 0 bridgehead atoms. The Morgan fingerprint density at radius 2 is 1.87 bits per heavy atom. The number of nitrogens with one attached hydrogen (secondary N) is 3. The molecule has 0 aliphatic carbocycles. The Labute approximate surface area is 131 Å². The second-order valence-electron chi connectivity index (χ2n) is 5.36. The molecule has 1 aromatic carbocycles. The summed E-state index contributed by atoms with van der Waals surface area (Å²) in [5.41, 5.74) is -0.751. The second-order valence-corrected chi connectivity index (χ2v) is 5.36. The molecule has 3 N–H and O–H groups in total. The van der Waals surface area contributed by atoms with Crippen molar-refractivity contribution in [3.05, 3.63) is 35.4 Å². The lowest BCUT2D eigenvalue weighted by Crippen LogP contribution is -2.42. The quantitative estimate of drug-likeness (QED) is 0.763. The summed E-state index contributed by atoms with van der Waals surface area (Å²) in [5, 5.41) is 8.30. The number of hydrogen-bond donors (Lipinski definition) is 3. The summed E-state index contributed by atoms with van der Waals surface area (Å²) in [7, 11) is 0. The average molecular weight is 329 g/mol. The predicted molar refractivity (Wildman–Crippen MR) is 77.8 cm³/mol. The van der Waals surface area contributed by atoms with Gasteiger partial charge < -0.3 is 16.0 Å².